The van der Waals surface area contributed by atoms with E-state index in [1.54, 1.807) is 0 Å². The van der Waals surface area contributed by atoms with Crippen LogP contribution in [0.1, 0.15) is 46.0 Å². The molecule has 0 amide bonds. The summed E-state index contributed by atoms with van der Waals surface area (Å²) in [5.41, 5.74) is 0.146. The Morgan fingerprint density at radius 2 is 2.10 bits per heavy atom. The Balaban J connectivity index is 2.16. The molecule has 110 valence electrons. The van der Waals surface area contributed by atoms with Crippen LogP contribution >= 0.6 is 0 Å². The molecule has 4 nitrogen and oxygen atoms in total. The molecule has 0 radical (unpaired) electrons. The molecule has 5 heteroatoms. The molecule has 1 aromatic rings. The van der Waals surface area contributed by atoms with Crippen molar-refractivity contribution in [3.05, 3.63) is 34.1 Å². The monoisotopic (exact) mass is 280 g/mol. The van der Waals surface area contributed by atoms with E-state index in [0.29, 0.717) is 5.41 Å². The van der Waals surface area contributed by atoms with Gasteiger partial charge in [-0.15, -0.1) is 0 Å². The summed E-state index contributed by atoms with van der Waals surface area (Å²) in [6.45, 7) is 4.47. The first-order chi connectivity index (χ1) is 9.39. The molecule has 1 aliphatic carbocycles. The van der Waals surface area contributed by atoms with Crippen molar-refractivity contribution in [3.63, 3.8) is 0 Å². The van der Waals surface area contributed by atoms with Gasteiger partial charge in [0.15, 0.2) is 5.82 Å². The van der Waals surface area contributed by atoms with Gasteiger partial charge in [0, 0.05) is 12.1 Å². The summed E-state index contributed by atoms with van der Waals surface area (Å²) >= 11 is 0. The Hall–Kier alpha value is -1.65. The lowest BCUT2D eigenvalue weighted by atomic mass is 9.85. The molecular formula is C15H21FN2O2. The zero-order chi connectivity index (χ0) is 14.8. The fraction of sp³-hybridized carbons (Fsp3) is 0.600. The summed E-state index contributed by atoms with van der Waals surface area (Å²) < 4.78 is 13.9. The summed E-state index contributed by atoms with van der Waals surface area (Å²) in [5, 5.41) is 14.0. The van der Waals surface area contributed by atoms with Crippen molar-refractivity contribution < 1.29 is 9.31 Å². The highest BCUT2D eigenvalue weighted by Gasteiger charge is 2.26. The third-order valence-corrected chi connectivity index (χ3v) is 4.11. The molecule has 1 aromatic carbocycles. The number of hydrogen-bond acceptors (Lipinski definition) is 3. The number of para-hydroxylation sites is 1. The zero-order valence-corrected chi connectivity index (χ0v) is 12.0. The molecule has 1 aliphatic rings. The van der Waals surface area contributed by atoms with Crippen LogP contribution in [0.4, 0.5) is 15.8 Å². The molecule has 1 fully saturated rings. The first-order valence-electron chi connectivity index (χ1n) is 7.08. The zero-order valence-electron chi connectivity index (χ0n) is 12.0. The molecule has 0 heterocycles. The van der Waals surface area contributed by atoms with E-state index in [-0.39, 0.29) is 17.4 Å². The first-order valence-corrected chi connectivity index (χ1v) is 7.08. The van der Waals surface area contributed by atoms with Crippen molar-refractivity contribution >= 4 is 11.4 Å². The lowest BCUT2D eigenvalue weighted by molar-refractivity contribution is -0.384. The van der Waals surface area contributed by atoms with E-state index in [1.807, 2.05) is 0 Å². The minimum atomic E-state index is -0.553. The molecule has 1 atom stereocenters. The third-order valence-electron chi connectivity index (χ3n) is 4.11. The minimum absolute atomic E-state index is 0.0298. The quantitative estimate of drug-likeness (QED) is 0.503. The molecule has 1 saturated carbocycles. The molecule has 0 aliphatic heterocycles. The van der Waals surface area contributed by atoms with Crippen molar-refractivity contribution in [1.82, 2.24) is 0 Å². The van der Waals surface area contributed by atoms with Crippen LogP contribution in [0, 0.1) is 21.3 Å². The van der Waals surface area contributed by atoms with Crippen LogP contribution in [-0.2, 0) is 0 Å². The summed E-state index contributed by atoms with van der Waals surface area (Å²) in [6.07, 6.45) is 5.10. The van der Waals surface area contributed by atoms with Crippen LogP contribution in [0.15, 0.2) is 18.2 Å². The number of anilines is 1. The lowest BCUT2D eigenvalue weighted by Crippen LogP contribution is -2.20. The number of benzene rings is 1. The highest BCUT2D eigenvalue weighted by Crippen LogP contribution is 2.36. The van der Waals surface area contributed by atoms with Crippen molar-refractivity contribution in [1.29, 1.82) is 0 Å². The predicted octanol–water partition coefficient (Wildman–Crippen LogP) is 4.50. The fourth-order valence-corrected chi connectivity index (χ4v) is 2.82. The van der Waals surface area contributed by atoms with Crippen molar-refractivity contribution in [2.75, 3.05) is 5.32 Å². The van der Waals surface area contributed by atoms with Crippen LogP contribution in [-0.4, -0.2) is 11.0 Å². The van der Waals surface area contributed by atoms with Gasteiger partial charge in [0.2, 0.25) is 0 Å². The maximum absolute atomic E-state index is 13.9. The van der Waals surface area contributed by atoms with Crippen LogP contribution < -0.4 is 5.32 Å². The van der Waals surface area contributed by atoms with Gasteiger partial charge in [-0.25, -0.2) is 4.39 Å². The Bertz CT molecular complexity index is 503. The topological polar surface area (TPSA) is 55.2 Å². The maximum atomic E-state index is 13.9. The number of halogens is 1. The van der Waals surface area contributed by atoms with Gasteiger partial charge < -0.3 is 5.32 Å². The van der Waals surface area contributed by atoms with Crippen LogP contribution in [0.3, 0.4) is 0 Å². The summed E-state index contributed by atoms with van der Waals surface area (Å²) in [5.74, 6) is -0.553. The van der Waals surface area contributed by atoms with Crippen molar-refractivity contribution in [3.8, 4) is 0 Å². The maximum Gasteiger partial charge on any atom is 0.295 e. The fourth-order valence-electron chi connectivity index (χ4n) is 2.82. The van der Waals surface area contributed by atoms with E-state index in [1.165, 1.54) is 18.2 Å². The second-order valence-electron chi connectivity index (χ2n) is 6.33. The second-order valence-corrected chi connectivity index (χ2v) is 6.33. The van der Waals surface area contributed by atoms with E-state index < -0.39 is 10.7 Å². The summed E-state index contributed by atoms with van der Waals surface area (Å²) in [7, 11) is 0. The summed E-state index contributed by atoms with van der Waals surface area (Å²) in [6, 6.07) is 4.07. The Kier molecular flexibility index (Phi) is 4.26. The van der Waals surface area contributed by atoms with Crippen LogP contribution in [0.25, 0.3) is 0 Å². The number of nitrogens with one attached hydrogen (secondary N) is 1. The number of nitro benzene ring substituents is 1. The van der Waals surface area contributed by atoms with Crippen molar-refractivity contribution in [2.45, 2.75) is 52.0 Å². The van der Waals surface area contributed by atoms with Gasteiger partial charge in [-0.05, 0) is 37.2 Å². The Labute approximate surface area is 118 Å². The minimum Gasteiger partial charge on any atom is -0.374 e. The van der Waals surface area contributed by atoms with Gasteiger partial charge >= 0.3 is 0 Å². The van der Waals surface area contributed by atoms with Gasteiger partial charge in [0.05, 0.1) is 4.92 Å². The number of rotatable bonds is 3. The molecule has 0 bridgehead atoms. The molecule has 20 heavy (non-hydrogen) atoms. The average Bonchev–Trinajstić information content (AvgIpc) is 2.53. The largest absolute Gasteiger partial charge is 0.374 e. The predicted molar refractivity (Wildman–Crippen MR) is 77.3 cm³/mol. The van der Waals surface area contributed by atoms with E-state index in [4.69, 9.17) is 0 Å². The smallest absolute Gasteiger partial charge is 0.295 e. The third kappa shape index (κ3) is 3.46. The normalized spacial score (nSPS) is 22.1. The second kappa shape index (κ2) is 5.77. The van der Waals surface area contributed by atoms with Gasteiger partial charge in [0.1, 0.15) is 5.69 Å². The summed E-state index contributed by atoms with van der Waals surface area (Å²) in [4.78, 5) is 10.4. The molecule has 0 spiro atoms. The van der Waals surface area contributed by atoms with Gasteiger partial charge in [0.25, 0.3) is 5.69 Å². The van der Waals surface area contributed by atoms with E-state index >= 15 is 0 Å². The number of nitro groups is 1. The lowest BCUT2D eigenvalue weighted by Gasteiger charge is -2.22. The van der Waals surface area contributed by atoms with Gasteiger partial charge in [-0.1, -0.05) is 26.3 Å². The van der Waals surface area contributed by atoms with E-state index in [0.717, 1.165) is 32.1 Å². The highest BCUT2D eigenvalue weighted by molar-refractivity contribution is 5.62. The first kappa shape index (κ1) is 14.8. The molecule has 0 saturated heterocycles. The van der Waals surface area contributed by atoms with Crippen LogP contribution in [0.2, 0.25) is 0 Å². The Morgan fingerprint density at radius 1 is 1.35 bits per heavy atom. The molecule has 1 unspecified atom stereocenters. The molecule has 2 rings (SSSR count). The van der Waals surface area contributed by atoms with Crippen LogP contribution in [0.5, 0.6) is 0 Å². The Morgan fingerprint density at radius 3 is 2.80 bits per heavy atom. The van der Waals surface area contributed by atoms with E-state index in [9.17, 15) is 14.5 Å². The average molecular weight is 280 g/mol. The van der Waals surface area contributed by atoms with Gasteiger partial charge in [-0.2, -0.15) is 0 Å². The molecular weight excluding hydrogens is 259 g/mol. The standard InChI is InChI=1S/C15H21FN2O2/c1-15(2)9-4-5-11(8-10-15)17-14-12(16)6-3-7-13(14)18(19)20/h3,6-7,11,17H,4-5,8-10H2,1-2H3. The SMILES string of the molecule is CC1(C)CCCC(Nc2c(F)cccc2[N+](=O)[O-])CC1. The molecule has 0 aromatic heterocycles. The molecule has 1 N–H and O–H groups in total. The van der Waals surface area contributed by atoms with Crippen molar-refractivity contribution in [2.24, 2.45) is 5.41 Å². The highest BCUT2D eigenvalue weighted by atomic mass is 19.1. The van der Waals surface area contributed by atoms with E-state index in [2.05, 4.69) is 19.2 Å². The van der Waals surface area contributed by atoms with Gasteiger partial charge in [-0.3, -0.25) is 10.1 Å². The number of nitrogens with zero attached hydrogens (tertiary/aromatic N) is 1. The number of hydrogen-bond donors (Lipinski definition) is 1.